The Balaban J connectivity index is 0.887. The molecule has 0 aliphatic rings. The largest absolute Gasteiger partial charge is 0.355 e. The van der Waals surface area contributed by atoms with E-state index in [0.717, 1.165) is 38.4 Å². The van der Waals surface area contributed by atoms with Crippen molar-refractivity contribution in [2.24, 2.45) is 0 Å². The van der Waals surface area contributed by atoms with Gasteiger partial charge in [-0.15, -0.1) is 11.3 Å². The first-order chi connectivity index (χ1) is 38.1. The van der Waals surface area contributed by atoms with Crippen molar-refractivity contribution in [1.82, 2.24) is 23.7 Å². The van der Waals surface area contributed by atoms with E-state index in [1.165, 1.54) is 128 Å². The zero-order valence-corrected chi connectivity index (χ0v) is 42.9. The number of aromatic amines is 1. The van der Waals surface area contributed by atoms with E-state index in [-0.39, 0.29) is 0 Å². The van der Waals surface area contributed by atoms with E-state index in [9.17, 15) is 0 Å². The molecule has 0 amide bonds. The van der Waals surface area contributed by atoms with E-state index in [0.29, 0.717) is 6.42 Å². The molecule has 7 heteroatoms. The minimum absolute atomic E-state index is 0.710. The third-order valence-electron chi connectivity index (χ3n) is 16.6. The topological polar surface area (TPSA) is 43.5 Å². The van der Waals surface area contributed by atoms with Crippen LogP contribution in [0.1, 0.15) is 11.1 Å². The van der Waals surface area contributed by atoms with Crippen LogP contribution < -0.4 is 0 Å². The van der Waals surface area contributed by atoms with E-state index in [4.69, 9.17) is 4.98 Å². The molecule has 0 saturated carbocycles. The van der Waals surface area contributed by atoms with Crippen LogP contribution in [-0.2, 0) is 6.42 Å². The highest BCUT2D eigenvalue weighted by Crippen LogP contribution is 2.45. The quantitative estimate of drug-likeness (QED) is 0.183. The van der Waals surface area contributed by atoms with Gasteiger partial charge in [0.25, 0.3) is 0 Å². The molecule has 77 heavy (non-hydrogen) atoms. The number of hydrogen-bond donors (Lipinski definition) is 1. The van der Waals surface area contributed by atoms with Gasteiger partial charge < -0.3 is 14.1 Å². The summed E-state index contributed by atoms with van der Waals surface area (Å²) < 4.78 is 11.3. The van der Waals surface area contributed by atoms with Crippen LogP contribution in [0.15, 0.2) is 231 Å². The number of nitrogens with zero attached hydrogens (tertiary/aromatic N) is 4. The number of thiophene rings is 1. The molecule has 1 N–H and O–H groups in total. The molecule has 12 aromatic carbocycles. The van der Waals surface area contributed by atoms with Gasteiger partial charge in [0, 0.05) is 80.0 Å². The molecule has 0 aliphatic heterocycles. The Morgan fingerprint density at radius 2 is 0.961 bits per heavy atom. The fraction of sp³-hybridized carbons (Fsp3) is 0.0143. The zero-order valence-electron chi connectivity index (χ0n) is 41.3. The fourth-order valence-corrected chi connectivity index (χ4v) is 15.5. The Kier molecular flexibility index (Phi) is 8.42. The smallest absolute Gasteiger partial charge is 0.195 e. The van der Waals surface area contributed by atoms with Crippen molar-refractivity contribution in [2.75, 3.05) is 0 Å². The summed E-state index contributed by atoms with van der Waals surface area (Å²) in [4.78, 5) is 9.36. The molecular formula is C70H41N5S2. The molecule has 0 atom stereocenters. The molecule has 5 nitrogen and oxygen atoms in total. The van der Waals surface area contributed by atoms with Crippen LogP contribution in [0.3, 0.4) is 0 Å². The highest BCUT2D eigenvalue weighted by atomic mass is 32.1. The lowest BCUT2D eigenvalue weighted by atomic mass is 9.99. The number of H-pyrrole nitrogens is 1. The van der Waals surface area contributed by atoms with E-state index in [2.05, 4.69) is 249 Å². The third-order valence-corrected chi connectivity index (χ3v) is 18.8. The van der Waals surface area contributed by atoms with Gasteiger partial charge in [-0.1, -0.05) is 145 Å². The van der Waals surface area contributed by atoms with E-state index in [1.54, 1.807) is 11.3 Å². The highest BCUT2D eigenvalue weighted by molar-refractivity contribution is 7.28. The second kappa shape index (κ2) is 15.5. The first-order valence-electron chi connectivity index (χ1n) is 26.3. The van der Waals surface area contributed by atoms with Crippen molar-refractivity contribution in [3.05, 3.63) is 242 Å². The average molecular weight is 1020 g/mol. The molecule has 0 radical (unpaired) electrons. The summed E-state index contributed by atoms with van der Waals surface area (Å²) in [5, 5.41) is 18.4. The van der Waals surface area contributed by atoms with Crippen LogP contribution in [0.25, 0.3) is 156 Å². The minimum atomic E-state index is 0.710. The van der Waals surface area contributed by atoms with Crippen molar-refractivity contribution in [3.63, 3.8) is 0 Å². The molecule has 6 heterocycles. The number of nitrogens with one attached hydrogen (secondary N) is 1. The summed E-state index contributed by atoms with van der Waals surface area (Å²) in [7, 11) is 0. The number of rotatable bonds is 5. The van der Waals surface area contributed by atoms with E-state index >= 15 is 0 Å². The Morgan fingerprint density at radius 1 is 0.364 bits per heavy atom. The SMILES string of the molecule is c1ccc2cc3c(cc2c1)c1ccccc1n3-c1ccc2c(c1)c1ccc(Cc3cc4[nH]c5ccccc5c4cc3-n3c4ccccc4c4cc5ccccc5cc43)cc1n2-c1nc2ccc3sc4ccccc4c3c2s1. The normalized spacial score (nSPS) is 12.5. The molecule has 0 unspecified atom stereocenters. The van der Waals surface area contributed by atoms with Crippen LogP contribution >= 0.6 is 22.7 Å². The number of hydrogen-bond acceptors (Lipinski definition) is 3. The predicted molar refractivity (Wildman–Crippen MR) is 329 cm³/mol. The maximum atomic E-state index is 5.54. The maximum absolute atomic E-state index is 5.54. The lowest BCUT2D eigenvalue weighted by Gasteiger charge is -2.15. The molecule has 0 saturated heterocycles. The van der Waals surface area contributed by atoms with Crippen molar-refractivity contribution in [2.45, 2.75) is 6.42 Å². The summed E-state index contributed by atoms with van der Waals surface area (Å²) in [5.74, 6) is 0. The van der Waals surface area contributed by atoms with Crippen LogP contribution in [-0.4, -0.2) is 23.7 Å². The second-order valence-corrected chi connectivity index (χ2v) is 22.8. The average Bonchev–Trinajstić information content (AvgIpc) is 4.37. The molecule has 0 fully saturated rings. The minimum Gasteiger partial charge on any atom is -0.355 e. The second-order valence-electron chi connectivity index (χ2n) is 20.8. The van der Waals surface area contributed by atoms with Crippen LogP contribution in [0, 0.1) is 0 Å². The van der Waals surface area contributed by atoms with Crippen molar-refractivity contribution in [1.29, 1.82) is 0 Å². The summed E-state index contributed by atoms with van der Waals surface area (Å²) >= 11 is 3.67. The monoisotopic (exact) mass is 1020 g/mol. The Labute approximate surface area is 447 Å². The first-order valence-corrected chi connectivity index (χ1v) is 27.9. The first kappa shape index (κ1) is 41.8. The molecule has 0 spiro atoms. The Bertz CT molecular complexity index is 5580. The third kappa shape index (κ3) is 5.95. The molecular weight excluding hydrogens is 975 g/mol. The molecule has 0 bridgehead atoms. The number of fused-ring (bicyclic) bond motifs is 19. The lowest BCUT2D eigenvalue weighted by Crippen LogP contribution is -2.01. The summed E-state index contributed by atoms with van der Waals surface area (Å²) in [6.45, 7) is 0. The summed E-state index contributed by atoms with van der Waals surface area (Å²) in [6.07, 6.45) is 0.710. The lowest BCUT2D eigenvalue weighted by molar-refractivity contribution is 1.10. The zero-order chi connectivity index (χ0) is 50.0. The van der Waals surface area contributed by atoms with Crippen molar-refractivity contribution < 1.29 is 0 Å². The molecule has 358 valence electrons. The molecule has 18 rings (SSSR count). The Hall–Kier alpha value is -9.53. The van der Waals surface area contributed by atoms with Gasteiger partial charge in [0.2, 0.25) is 0 Å². The number of benzene rings is 12. The number of para-hydroxylation sites is 3. The van der Waals surface area contributed by atoms with Gasteiger partial charge in [-0.3, -0.25) is 4.57 Å². The predicted octanol–water partition coefficient (Wildman–Crippen LogP) is 19.5. The highest BCUT2D eigenvalue weighted by Gasteiger charge is 2.23. The van der Waals surface area contributed by atoms with Gasteiger partial charge in [0.05, 0.1) is 49.0 Å². The molecule has 18 aromatic rings. The maximum Gasteiger partial charge on any atom is 0.195 e. The number of aromatic nitrogens is 5. The summed E-state index contributed by atoms with van der Waals surface area (Å²) in [6, 6.07) is 85.8. The van der Waals surface area contributed by atoms with Crippen molar-refractivity contribution >= 4 is 162 Å². The van der Waals surface area contributed by atoms with Gasteiger partial charge in [0.15, 0.2) is 5.13 Å². The van der Waals surface area contributed by atoms with Crippen LogP contribution in [0.2, 0.25) is 0 Å². The van der Waals surface area contributed by atoms with E-state index in [1.807, 2.05) is 11.3 Å². The fourth-order valence-electron chi connectivity index (χ4n) is 13.1. The standard InChI is InChI=1S/C70H41N5S2/c1-3-15-43-36-64-53(33-41(43)13-1)48-18-6-10-22-59(48)73(64)46-26-29-61-55(38-46)50-27-25-40(32-63(50)75(61)70-72-57-28-30-67-68(69(57)77-70)51-20-8-12-24-66(51)76-67)31-45-35-58-52(47-17-5-9-21-56(47)71-58)39-62(45)74-60-23-11-7-19-49(60)54-34-42-14-2-4-16-44(42)37-65(54)74/h1-30,32-39,71H,31H2. The Morgan fingerprint density at radius 3 is 1.73 bits per heavy atom. The summed E-state index contributed by atoms with van der Waals surface area (Å²) in [5.41, 5.74) is 15.2. The van der Waals surface area contributed by atoms with Gasteiger partial charge >= 0.3 is 0 Å². The van der Waals surface area contributed by atoms with Gasteiger partial charge in [-0.2, -0.15) is 0 Å². The van der Waals surface area contributed by atoms with Crippen LogP contribution in [0.5, 0.6) is 0 Å². The van der Waals surface area contributed by atoms with Crippen LogP contribution in [0.4, 0.5) is 0 Å². The van der Waals surface area contributed by atoms with Gasteiger partial charge in [0.1, 0.15) is 0 Å². The van der Waals surface area contributed by atoms with Gasteiger partial charge in [-0.05, 0) is 136 Å². The molecule has 0 aliphatic carbocycles. The van der Waals surface area contributed by atoms with E-state index < -0.39 is 0 Å². The van der Waals surface area contributed by atoms with Gasteiger partial charge in [-0.25, -0.2) is 4.98 Å². The molecule has 6 aromatic heterocycles. The number of thiazole rings is 1. The van der Waals surface area contributed by atoms with Crippen molar-refractivity contribution in [3.8, 4) is 16.5 Å².